The van der Waals surface area contributed by atoms with Crippen molar-refractivity contribution < 1.29 is 4.84 Å². The molecule has 1 aromatic heterocycles. The average Bonchev–Trinajstić information content (AvgIpc) is 2.81. The molecule has 1 saturated heterocycles. The molecular formula is C16H17ClN2O. The second kappa shape index (κ2) is 5.17. The maximum Gasteiger partial charge on any atom is 0.0879 e. The SMILES string of the molecule is CN1OCCC1(C)c1ncccc1-c1ccc(Cl)cc1. The zero-order valence-electron chi connectivity index (χ0n) is 11.6. The molecule has 0 spiro atoms. The number of aromatic nitrogens is 1. The lowest BCUT2D eigenvalue weighted by Crippen LogP contribution is -2.35. The van der Waals surface area contributed by atoms with Crippen LogP contribution in [0.25, 0.3) is 11.1 Å². The minimum absolute atomic E-state index is 0.198. The van der Waals surface area contributed by atoms with E-state index in [9.17, 15) is 0 Å². The summed E-state index contributed by atoms with van der Waals surface area (Å²) in [5.41, 5.74) is 3.10. The van der Waals surface area contributed by atoms with Crippen LogP contribution >= 0.6 is 11.6 Å². The Morgan fingerprint density at radius 2 is 2.00 bits per heavy atom. The Bertz CT molecular complexity index is 614. The van der Waals surface area contributed by atoms with Crippen LogP contribution in [0.5, 0.6) is 0 Å². The summed E-state index contributed by atoms with van der Waals surface area (Å²) >= 11 is 5.97. The first-order valence-electron chi connectivity index (χ1n) is 6.69. The zero-order valence-corrected chi connectivity index (χ0v) is 12.4. The molecule has 0 saturated carbocycles. The molecule has 1 fully saturated rings. The highest BCUT2D eigenvalue weighted by Crippen LogP contribution is 2.39. The smallest absolute Gasteiger partial charge is 0.0879 e. The molecule has 0 bridgehead atoms. The number of hydroxylamine groups is 2. The van der Waals surface area contributed by atoms with Crippen molar-refractivity contribution in [3.05, 3.63) is 53.3 Å². The molecule has 0 amide bonds. The van der Waals surface area contributed by atoms with Gasteiger partial charge in [-0.3, -0.25) is 9.82 Å². The van der Waals surface area contributed by atoms with E-state index in [0.717, 1.165) is 34.9 Å². The maximum atomic E-state index is 5.97. The molecule has 1 unspecified atom stereocenters. The lowest BCUT2D eigenvalue weighted by Gasteiger charge is -2.31. The lowest BCUT2D eigenvalue weighted by atomic mass is 9.88. The highest BCUT2D eigenvalue weighted by Gasteiger charge is 2.40. The van der Waals surface area contributed by atoms with Crippen molar-refractivity contribution in [2.75, 3.05) is 13.7 Å². The number of hydrogen-bond acceptors (Lipinski definition) is 3. The van der Waals surface area contributed by atoms with Crippen LogP contribution in [0.2, 0.25) is 5.02 Å². The van der Waals surface area contributed by atoms with Crippen molar-refractivity contribution in [2.45, 2.75) is 18.9 Å². The second-order valence-corrected chi connectivity index (χ2v) is 5.70. The van der Waals surface area contributed by atoms with Crippen LogP contribution in [-0.2, 0) is 10.4 Å². The van der Waals surface area contributed by atoms with Gasteiger partial charge in [0.25, 0.3) is 0 Å². The molecule has 0 radical (unpaired) electrons. The molecule has 3 rings (SSSR count). The molecule has 1 aromatic carbocycles. The quantitative estimate of drug-likeness (QED) is 0.838. The number of benzene rings is 1. The van der Waals surface area contributed by atoms with Crippen LogP contribution in [-0.4, -0.2) is 23.7 Å². The molecule has 2 aromatic rings. The Balaban J connectivity index is 2.11. The molecule has 0 aliphatic carbocycles. The van der Waals surface area contributed by atoms with Crippen LogP contribution in [0, 0.1) is 0 Å². The summed E-state index contributed by atoms with van der Waals surface area (Å²) < 4.78 is 0. The third-order valence-corrected chi connectivity index (χ3v) is 4.29. The lowest BCUT2D eigenvalue weighted by molar-refractivity contribution is -0.141. The van der Waals surface area contributed by atoms with E-state index in [-0.39, 0.29) is 5.54 Å². The van der Waals surface area contributed by atoms with Gasteiger partial charge in [0.2, 0.25) is 0 Å². The first-order chi connectivity index (χ1) is 9.61. The van der Waals surface area contributed by atoms with E-state index in [4.69, 9.17) is 16.4 Å². The van der Waals surface area contributed by atoms with Gasteiger partial charge in [-0.05, 0) is 37.1 Å². The topological polar surface area (TPSA) is 25.4 Å². The second-order valence-electron chi connectivity index (χ2n) is 5.26. The summed E-state index contributed by atoms with van der Waals surface area (Å²) in [5, 5.41) is 2.65. The van der Waals surface area contributed by atoms with Crippen molar-refractivity contribution in [1.29, 1.82) is 0 Å². The van der Waals surface area contributed by atoms with E-state index in [0.29, 0.717) is 0 Å². The summed E-state index contributed by atoms with van der Waals surface area (Å²) in [7, 11) is 1.97. The van der Waals surface area contributed by atoms with Gasteiger partial charge < -0.3 is 0 Å². The highest BCUT2D eigenvalue weighted by molar-refractivity contribution is 6.30. The summed E-state index contributed by atoms with van der Waals surface area (Å²) in [6.45, 7) is 2.89. The van der Waals surface area contributed by atoms with Crippen LogP contribution in [0.4, 0.5) is 0 Å². The minimum Gasteiger partial charge on any atom is -0.298 e. The van der Waals surface area contributed by atoms with Gasteiger partial charge in [-0.2, -0.15) is 5.06 Å². The summed E-state index contributed by atoms with van der Waals surface area (Å²) in [4.78, 5) is 10.2. The Morgan fingerprint density at radius 1 is 1.25 bits per heavy atom. The van der Waals surface area contributed by atoms with E-state index in [2.05, 4.69) is 18.0 Å². The molecule has 1 atom stereocenters. The number of nitrogens with zero attached hydrogens (tertiary/aromatic N) is 2. The van der Waals surface area contributed by atoms with Gasteiger partial charge in [0.1, 0.15) is 0 Å². The molecule has 1 aliphatic heterocycles. The number of halogens is 1. The fourth-order valence-electron chi connectivity index (χ4n) is 2.65. The summed E-state index contributed by atoms with van der Waals surface area (Å²) in [6.07, 6.45) is 2.77. The zero-order chi connectivity index (χ0) is 14.2. The molecule has 104 valence electrons. The summed E-state index contributed by atoms with van der Waals surface area (Å²) in [6, 6.07) is 11.9. The van der Waals surface area contributed by atoms with E-state index in [1.807, 2.05) is 48.6 Å². The molecule has 2 heterocycles. The number of rotatable bonds is 2. The fourth-order valence-corrected chi connectivity index (χ4v) is 2.77. The van der Waals surface area contributed by atoms with Crippen molar-refractivity contribution in [3.8, 4) is 11.1 Å². The van der Waals surface area contributed by atoms with Gasteiger partial charge >= 0.3 is 0 Å². The van der Waals surface area contributed by atoms with Crippen molar-refractivity contribution in [2.24, 2.45) is 0 Å². The molecular weight excluding hydrogens is 272 g/mol. The van der Waals surface area contributed by atoms with Gasteiger partial charge in [-0.25, -0.2) is 0 Å². The monoisotopic (exact) mass is 288 g/mol. The normalized spacial score (nSPS) is 23.1. The van der Waals surface area contributed by atoms with E-state index >= 15 is 0 Å². The third-order valence-electron chi connectivity index (χ3n) is 4.04. The van der Waals surface area contributed by atoms with Gasteiger partial charge in [0.05, 0.1) is 17.8 Å². The Labute approximate surface area is 124 Å². The third kappa shape index (κ3) is 2.22. The molecule has 1 aliphatic rings. The maximum absolute atomic E-state index is 5.97. The van der Waals surface area contributed by atoms with E-state index in [1.165, 1.54) is 0 Å². The van der Waals surface area contributed by atoms with Crippen molar-refractivity contribution in [1.82, 2.24) is 10.0 Å². The highest BCUT2D eigenvalue weighted by atomic mass is 35.5. The largest absolute Gasteiger partial charge is 0.298 e. The van der Waals surface area contributed by atoms with Crippen LogP contribution in [0.3, 0.4) is 0 Å². The van der Waals surface area contributed by atoms with Crippen LogP contribution in [0.15, 0.2) is 42.6 Å². The number of pyridine rings is 1. The predicted molar refractivity (Wildman–Crippen MR) is 80.4 cm³/mol. The first-order valence-corrected chi connectivity index (χ1v) is 7.07. The van der Waals surface area contributed by atoms with Gasteiger partial charge in [0.15, 0.2) is 0 Å². The first kappa shape index (κ1) is 13.6. The molecule has 3 nitrogen and oxygen atoms in total. The number of hydrogen-bond donors (Lipinski definition) is 0. The average molecular weight is 289 g/mol. The summed E-state index contributed by atoms with van der Waals surface area (Å²) in [5.74, 6) is 0. The van der Waals surface area contributed by atoms with Crippen LogP contribution < -0.4 is 0 Å². The van der Waals surface area contributed by atoms with Gasteiger partial charge in [-0.15, -0.1) is 0 Å². The molecule has 0 N–H and O–H groups in total. The van der Waals surface area contributed by atoms with Crippen molar-refractivity contribution in [3.63, 3.8) is 0 Å². The molecule has 4 heteroatoms. The standard InChI is InChI=1S/C16H17ClN2O/c1-16(9-11-20-19(16)2)15-14(4-3-10-18-15)12-5-7-13(17)8-6-12/h3-8,10H,9,11H2,1-2H3. The molecule has 20 heavy (non-hydrogen) atoms. The minimum atomic E-state index is -0.198. The fraction of sp³-hybridized carbons (Fsp3) is 0.312. The van der Waals surface area contributed by atoms with Gasteiger partial charge in [-0.1, -0.05) is 29.8 Å². The predicted octanol–water partition coefficient (Wildman–Crippen LogP) is 3.88. The van der Waals surface area contributed by atoms with Gasteiger partial charge in [0, 0.05) is 23.8 Å². The Morgan fingerprint density at radius 3 is 2.65 bits per heavy atom. The Hall–Kier alpha value is -1.42. The Kier molecular flexibility index (Phi) is 3.50. The van der Waals surface area contributed by atoms with Crippen LogP contribution in [0.1, 0.15) is 19.0 Å². The van der Waals surface area contributed by atoms with E-state index < -0.39 is 0 Å². The van der Waals surface area contributed by atoms with E-state index in [1.54, 1.807) is 0 Å². The van der Waals surface area contributed by atoms with Crippen molar-refractivity contribution >= 4 is 11.6 Å².